The van der Waals surface area contributed by atoms with Gasteiger partial charge in [0.15, 0.2) is 0 Å². The van der Waals surface area contributed by atoms with E-state index in [1.807, 2.05) is 24.3 Å². The Morgan fingerprint density at radius 2 is 2.12 bits per heavy atom. The van der Waals surface area contributed by atoms with Gasteiger partial charge < -0.3 is 10.2 Å². The number of likely N-dealkylation sites (tertiary alicyclic amines) is 1. The van der Waals surface area contributed by atoms with Crippen molar-refractivity contribution in [1.82, 2.24) is 4.90 Å². The average Bonchev–Trinajstić information content (AvgIpc) is 2.61. The topological polar surface area (TPSA) is 60.8 Å². The predicted molar refractivity (Wildman–Crippen MR) is 62.2 cm³/mol. The van der Waals surface area contributed by atoms with Crippen molar-refractivity contribution in [1.29, 1.82) is 0 Å². The van der Waals surface area contributed by atoms with Gasteiger partial charge in [-0.15, -0.1) is 0 Å². The molecule has 0 aromatic heterocycles. The second-order valence-corrected chi connectivity index (χ2v) is 4.72. The Hall–Kier alpha value is -1.07. The van der Waals surface area contributed by atoms with Crippen LogP contribution in [0.5, 0.6) is 0 Å². The van der Waals surface area contributed by atoms with Crippen molar-refractivity contribution in [3.63, 3.8) is 0 Å². The number of carboxylic acid groups (broad SMARTS) is 1. The lowest BCUT2D eigenvalue weighted by Crippen LogP contribution is -2.30. The highest BCUT2D eigenvalue weighted by Crippen LogP contribution is 2.35. The molecule has 0 spiro atoms. The van der Waals surface area contributed by atoms with E-state index in [4.69, 9.17) is 5.11 Å². The Labute approximate surface area is 102 Å². The first-order chi connectivity index (χ1) is 7.59. The molecule has 2 atom stereocenters. The normalized spacial score (nSPS) is 24.8. The van der Waals surface area contributed by atoms with Crippen LogP contribution in [0.4, 0.5) is 4.79 Å². The maximum absolute atomic E-state index is 11.0. The Morgan fingerprint density at radius 1 is 1.44 bits per heavy atom. The van der Waals surface area contributed by atoms with Gasteiger partial charge in [0.2, 0.25) is 0 Å². The molecule has 1 amide bonds. The summed E-state index contributed by atoms with van der Waals surface area (Å²) in [6.07, 6.45) is -1.11. The highest BCUT2D eigenvalue weighted by Gasteiger charge is 2.35. The maximum Gasteiger partial charge on any atom is 0.407 e. The van der Waals surface area contributed by atoms with E-state index in [0.29, 0.717) is 6.42 Å². The van der Waals surface area contributed by atoms with E-state index in [1.54, 1.807) is 0 Å². The van der Waals surface area contributed by atoms with Crippen molar-refractivity contribution in [2.75, 3.05) is 6.54 Å². The number of aliphatic hydroxyl groups is 1. The average molecular weight is 286 g/mol. The summed E-state index contributed by atoms with van der Waals surface area (Å²) in [5.41, 5.74) is 0.904. The molecule has 5 heteroatoms. The van der Waals surface area contributed by atoms with Crippen LogP contribution in [0, 0.1) is 0 Å². The number of amides is 1. The van der Waals surface area contributed by atoms with Crippen LogP contribution in [0.25, 0.3) is 0 Å². The SMILES string of the molecule is O=C(O)N1CC(O)CC1c1ccccc1Br. The molecule has 1 saturated heterocycles. The third kappa shape index (κ3) is 2.05. The van der Waals surface area contributed by atoms with Crippen LogP contribution in [-0.4, -0.2) is 33.9 Å². The summed E-state index contributed by atoms with van der Waals surface area (Å²) in [5, 5.41) is 18.6. The zero-order valence-electron chi connectivity index (χ0n) is 8.51. The van der Waals surface area contributed by atoms with Gasteiger partial charge in [-0.2, -0.15) is 0 Å². The van der Waals surface area contributed by atoms with E-state index < -0.39 is 12.2 Å². The van der Waals surface area contributed by atoms with Crippen LogP contribution in [-0.2, 0) is 0 Å². The standard InChI is InChI=1S/C11H12BrNO3/c12-9-4-2-1-3-8(9)10-5-7(14)6-13(10)11(15)16/h1-4,7,10,14H,5-6H2,(H,15,16). The van der Waals surface area contributed by atoms with Crippen molar-refractivity contribution >= 4 is 22.0 Å². The highest BCUT2D eigenvalue weighted by atomic mass is 79.9. The van der Waals surface area contributed by atoms with Gasteiger partial charge in [-0.25, -0.2) is 4.79 Å². The molecule has 1 aliphatic rings. The second-order valence-electron chi connectivity index (χ2n) is 3.86. The molecule has 0 radical (unpaired) electrons. The molecule has 1 heterocycles. The van der Waals surface area contributed by atoms with Gasteiger partial charge in [-0.3, -0.25) is 4.90 Å². The van der Waals surface area contributed by atoms with Crippen molar-refractivity contribution in [3.8, 4) is 0 Å². The number of rotatable bonds is 1. The molecule has 0 saturated carbocycles. The molecule has 1 aliphatic heterocycles. The first kappa shape index (κ1) is 11.4. The fourth-order valence-corrected chi connectivity index (χ4v) is 2.61. The van der Waals surface area contributed by atoms with Crippen LogP contribution in [0.1, 0.15) is 18.0 Å². The summed E-state index contributed by atoms with van der Waals surface area (Å²) >= 11 is 3.40. The van der Waals surface area contributed by atoms with Crippen molar-refractivity contribution in [2.24, 2.45) is 0 Å². The van der Waals surface area contributed by atoms with Crippen molar-refractivity contribution < 1.29 is 15.0 Å². The zero-order chi connectivity index (χ0) is 11.7. The van der Waals surface area contributed by atoms with Crippen LogP contribution >= 0.6 is 15.9 Å². The van der Waals surface area contributed by atoms with Gasteiger partial charge in [-0.05, 0) is 18.1 Å². The van der Waals surface area contributed by atoms with E-state index in [1.165, 1.54) is 4.90 Å². The Balaban J connectivity index is 2.33. The van der Waals surface area contributed by atoms with Gasteiger partial charge in [-0.1, -0.05) is 34.1 Å². The largest absolute Gasteiger partial charge is 0.465 e. The Morgan fingerprint density at radius 3 is 2.75 bits per heavy atom. The van der Waals surface area contributed by atoms with Gasteiger partial charge >= 0.3 is 6.09 Å². The Bertz CT molecular complexity index is 410. The fraction of sp³-hybridized carbons (Fsp3) is 0.364. The van der Waals surface area contributed by atoms with Crippen LogP contribution < -0.4 is 0 Å². The Kier molecular flexibility index (Phi) is 3.16. The lowest BCUT2D eigenvalue weighted by atomic mass is 10.0. The molecule has 1 aromatic rings. The van der Waals surface area contributed by atoms with Crippen LogP contribution in [0.15, 0.2) is 28.7 Å². The van der Waals surface area contributed by atoms with E-state index >= 15 is 0 Å². The smallest absolute Gasteiger partial charge is 0.407 e. The maximum atomic E-state index is 11.0. The summed E-state index contributed by atoms with van der Waals surface area (Å²) in [6, 6.07) is 7.24. The molecule has 2 unspecified atom stereocenters. The summed E-state index contributed by atoms with van der Waals surface area (Å²) in [7, 11) is 0. The van der Waals surface area contributed by atoms with Crippen molar-refractivity contribution in [2.45, 2.75) is 18.6 Å². The minimum atomic E-state index is -0.989. The fourth-order valence-electron chi connectivity index (χ4n) is 2.07. The molecule has 0 bridgehead atoms. The van der Waals surface area contributed by atoms with Gasteiger partial charge in [0.05, 0.1) is 18.7 Å². The number of hydrogen-bond donors (Lipinski definition) is 2. The van der Waals surface area contributed by atoms with Crippen LogP contribution in [0.3, 0.4) is 0 Å². The molecular weight excluding hydrogens is 274 g/mol. The number of β-amino-alcohol motifs (C(OH)–C–C–N with tert-alkyl or cyclic N) is 1. The molecule has 86 valence electrons. The molecule has 4 nitrogen and oxygen atoms in total. The summed E-state index contributed by atoms with van der Waals surface area (Å²) in [5.74, 6) is 0. The molecule has 1 fully saturated rings. The summed E-state index contributed by atoms with van der Waals surface area (Å²) in [6.45, 7) is 0.182. The van der Waals surface area contributed by atoms with E-state index in [9.17, 15) is 9.90 Å². The molecule has 1 aromatic carbocycles. The van der Waals surface area contributed by atoms with E-state index in [2.05, 4.69) is 15.9 Å². The monoisotopic (exact) mass is 285 g/mol. The molecule has 2 rings (SSSR count). The summed E-state index contributed by atoms with van der Waals surface area (Å²) in [4.78, 5) is 12.3. The molecule has 16 heavy (non-hydrogen) atoms. The number of benzene rings is 1. The first-order valence-electron chi connectivity index (χ1n) is 5.01. The predicted octanol–water partition coefficient (Wildman–Crippen LogP) is 2.23. The van der Waals surface area contributed by atoms with Gasteiger partial charge in [0.1, 0.15) is 0 Å². The zero-order valence-corrected chi connectivity index (χ0v) is 10.1. The minimum Gasteiger partial charge on any atom is -0.465 e. The van der Waals surface area contributed by atoms with E-state index in [-0.39, 0.29) is 12.6 Å². The van der Waals surface area contributed by atoms with Gasteiger partial charge in [0, 0.05) is 4.47 Å². The van der Waals surface area contributed by atoms with Crippen LogP contribution in [0.2, 0.25) is 0 Å². The molecule has 2 N–H and O–H groups in total. The quantitative estimate of drug-likeness (QED) is 0.832. The number of hydrogen-bond acceptors (Lipinski definition) is 2. The minimum absolute atomic E-state index is 0.182. The molecule has 0 aliphatic carbocycles. The van der Waals surface area contributed by atoms with Gasteiger partial charge in [0.25, 0.3) is 0 Å². The number of halogens is 1. The lowest BCUT2D eigenvalue weighted by Gasteiger charge is -2.22. The van der Waals surface area contributed by atoms with Crippen molar-refractivity contribution in [3.05, 3.63) is 34.3 Å². The van der Waals surface area contributed by atoms with E-state index in [0.717, 1.165) is 10.0 Å². The number of carbonyl (C=O) groups is 1. The first-order valence-corrected chi connectivity index (χ1v) is 5.81. The highest BCUT2D eigenvalue weighted by molar-refractivity contribution is 9.10. The third-order valence-electron chi connectivity index (χ3n) is 2.79. The molecular formula is C11H12BrNO3. The third-order valence-corrected chi connectivity index (χ3v) is 3.51. The lowest BCUT2D eigenvalue weighted by molar-refractivity contribution is 0.131. The summed E-state index contributed by atoms with van der Waals surface area (Å²) < 4.78 is 0.875. The second kappa shape index (κ2) is 4.43. The number of aliphatic hydroxyl groups excluding tert-OH is 1. The number of nitrogens with zero attached hydrogens (tertiary/aromatic N) is 1.